The standard InChI is InChI=1S/C11H15IO/c1-4-9-6-5-7-10(11(9)12)8(2)13-3/h5-8H,4H2,1-3H3/t8-/m0/s1. The third-order valence-corrected chi connectivity index (χ3v) is 3.60. The lowest BCUT2D eigenvalue weighted by molar-refractivity contribution is 0.119. The van der Waals surface area contributed by atoms with Gasteiger partial charge in [0.25, 0.3) is 0 Å². The summed E-state index contributed by atoms with van der Waals surface area (Å²) >= 11 is 2.40. The number of methoxy groups -OCH3 is 1. The molecule has 0 aliphatic rings. The fourth-order valence-corrected chi connectivity index (χ4v) is 2.49. The average Bonchev–Trinajstić information content (AvgIpc) is 2.17. The molecule has 0 heterocycles. The normalized spacial score (nSPS) is 12.9. The van der Waals surface area contributed by atoms with Crippen molar-refractivity contribution in [2.45, 2.75) is 26.4 Å². The first-order valence-electron chi connectivity index (χ1n) is 4.50. The second-order valence-electron chi connectivity index (χ2n) is 3.05. The summed E-state index contributed by atoms with van der Waals surface area (Å²) in [7, 11) is 1.75. The van der Waals surface area contributed by atoms with Crippen molar-refractivity contribution in [3.05, 3.63) is 32.9 Å². The first-order chi connectivity index (χ1) is 6.20. The van der Waals surface area contributed by atoms with Gasteiger partial charge >= 0.3 is 0 Å². The Morgan fingerprint density at radius 1 is 1.46 bits per heavy atom. The molecule has 0 radical (unpaired) electrons. The highest BCUT2D eigenvalue weighted by molar-refractivity contribution is 14.1. The predicted molar refractivity (Wildman–Crippen MR) is 64.0 cm³/mol. The number of halogens is 1. The Hall–Kier alpha value is -0.0900. The second-order valence-corrected chi connectivity index (χ2v) is 4.13. The van der Waals surface area contributed by atoms with E-state index in [0.717, 1.165) is 6.42 Å². The molecule has 72 valence electrons. The SMILES string of the molecule is CCc1cccc([C@H](C)OC)c1I. The Balaban J connectivity index is 3.08. The van der Waals surface area contributed by atoms with Crippen molar-refractivity contribution in [3.63, 3.8) is 0 Å². The highest BCUT2D eigenvalue weighted by atomic mass is 127. The zero-order valence-corrected chi connectivity index (χ0v) is 10.5. The van der Waals surface area contributed by atoms with Crippen LogP contribution in [0.15, 0.2) is 18.2 Å². The molecule has 0 saturated heterocycles. The molecule has 1 rings (SSSR count). The van der Waals surface area contributed by atoms with Crippen LogP contribution in [-0.4, -0.2) is 7.11 Å². The van der Waals surface area contributed by atoms with Crippen LogP contribution in [0, 0.1) is 3.57 Å². The van der Waals surface area contributed by atoms with Crippen molar-refractivity contribution in [2.75, 3.05) is 7.11 Å². The lowest BCUT2D eigenvalue weighted by atomic mass is 10.1. The molecule has 1 aromatic rings. The largest absolute Gasteiger partial charge is 0.377 e. The number of ether oxygens (including phenoxy) is 1. The molecule has 0 aromatic heterocycles. The maximum absolute atomic E-state index is 5.31. The minimum atomic E-state index is 0.193. The van der Waals surface area contributed by atoms with Gasteiger partial charge in [-0.3, -0.25) is 0 Å². The van der Waals surface area contributed by atoms with Crippen LogP contribution in [0.3, 0.4) is 0 Å². The van der Waals surface area contributed by atoms with E-state index in [1.807, 2.05) is 0 Å². The van der Waals surface area contributed by atoms with Gasteiger partial charge in [0.15, 0.2) is 0 Å². The molecule has 0 aliphatic heterocycles. The van der Waals surface area contributed by atoms with Crippen LogP contribution in [0.5, 0.6) is 0 Å². The topological polar surface area (TPSA) is 9.23 Å². The van der Waals surface area contributed by atoms with Crippen molar-refractivity contribution >= 4 is 22.6 Å². The third kappa shape index (κ3) is 2.44. The zero-order valence-electron chi connectivity index (χ0n) is 8.30. The molecule has 1 aromatic carbocycles. The van der Waals surface area contributed by atoms with Crippen molar-refractivity contribution in [3.8, 4) is 0 Å². The van der Waals surface area contributed by atoms with E-state index in [1.165, 1.54) is 14.7 Å². The quantitative estimate of drug-likeness (QED) is 0.773. The maximum atomic E-state index is 5.31. The van der Waals surface area contributed by atoms with Crippen molar-refractivity contribution in [2.24, 2.45) is 0 Å². The van der Waals surface area contributed by atoms with Crippen LogP contribution in [0.1, 0.15) is 31.1 Å². The molecule has 1 nitrogen and oxygen atoms in total. The van der Waals surface area contributed by atoms with E-state index < -0.39 is 0 Å². The molecule has 0 amide bonds. The summed E-state index contributed by atoms with van der Waals surface area (Å²) in [6.07, 6.45) is 1.28. The molecule has 0 spiro atoms. The van der Waals surface area contributed by atoms with E-state index in [-0.39, 0.29) is 6.10 Å². The lowest BCUT2D eigenvalue weighted by Gasteiger charge is -2.14. The number of rotatable bonds is 3. The van der Waals surface area contributed by atoms with Crippen LogP contribution in [0.2, 0.25) is 0 Å². The average molecular weight is 290 g/mol. The van der Waals surface area contributed by atoms with Crippen LogP contribution < -0.4 is 0 Å². The maximum Gasteiger partial charge on any atom is 0.0803 e. The van der Waals surface area contributed by atoms with Crippen LogP contribution >= 0.6 is 22.6 Å². The summed E-state index contributed by atoms with van der Waals surface area (Å²) in [6.45, 7) is 4.26. The minimum absolute atomic E-state index is 0.193. The van der Waals surface area contributed by atoms with Gasteiger partial charge in [-0.25, -0.2) is 0 Å². The van der Waals surface area contributed by atoms with Gasteiger partial charge in [-0.2, -0.15) is 0 Å². The van der Waals surface area contributed by atoms with E-state index >= 15 is 0 Å². The van der Waals surface area contributed by atoms with Crippen LogP contribution in [-0.2, 0) is 11.2 Å². The number of aryl methyl sites for hydroxylation is 1. The number of benzene rings is 1. The number of hydrogen-bond donors (Lipinski definition) is 0. The summed E-state index contributed by atoms with van der Waals surface area (Å²) in [5.41, 5.74) is 2.70. The molecule has 1 atom stereocenters. The molecule has 0 bridgehead atoms. The van der Waals surface area contributed by atoms with E-state index in [0.29, 0.717) is 0 Å². The molecule has 13 heavy (non-hydrogen) atoms. The molecule has 0 unspecified atom stereocenters. The van der Waals surface area contributed by atoms with Gasteiger partial charge in [0.1, 0.15) is 0 Å². The molecule has 2 heteroatoms. The summed E-state index contributed by atoms with van der Waals surface area (Å²) < 4.78 is 6.66. The summed E-state index contributed by atoms with van der Waals surface area (Å²) in [5.74, 6) is 0. The van der Waals surface area contributed by atoms with Crippen LogP contribution in [0.25, 0.3) is 0 Å². The molecular formula is C11H15IO. The minimum Gasteiger partial charge on any atom is -0.377 e. The van der Waals surface area contributed by atoms with E-state index in [9.17, 15) is 0 Å². The van der Waals surface area contributed by atoms with Gasteiger partial charge in [0.05, 0.1) is 6.10 Å². The van der Waals surface area contributed by atoms with Gasteiger partial charge < -0.3 is 4.74 Å². The summed E-state index contributed by atoms with van der Waals surface area (Å²) in [4.78, 5) is 0. The van der Waals surface area contributed by atoms with Crippen molar-refractivity contribution in [1.82, 2.24) is 0 Å². The Morgan fingerprint density at radius 3 is 2.69 bits per heavy atom. The van der Waals surface area contributed by atoms with Gasteiger partial charge in [-0.15, -0.1) is 0 Å². The van der Waals surface area contributed by atoms with E-state index in [4.69, 9.17) is 4.74 Å². The molecule has 0 saturated carbocycles. The zero-order chi connectivity index (χ0) is 9.84. The lowest BCUT2D eigenvalue weighted by Crippen LogP contribution is -2.01. The summed E-state index contributed by atoms with van der Waals surface area (Å²) in [5, 5.41) is 0. The first kappa shape index (κ1) is 11.0. The summed E-state index contributed by atoms with van der Waals surface area (Å²) in [6, 6.07) is 6.41. The Labute approximate surface area is 93.6 Å². The van der Waals surface area contributed by atoms with Gasteiger partial charge in [-0.05, 0) is 47.1 Å². The van der Waals surface area contributed by atoms with Gasteiger partial charge in [0.2, 0.25) is 0 Å². The third-order valence-electron chi connectivity index (χ3n) is 2.28. The van der Waals surface area contributed by atoms with Gasteiger partial charge in [0, 0.05) is 10.7 Å². The smallest absolute Gasteiger partial charge is 0.0803 e. The fourth-order valence-electron chi connectivity index (χ4n) is 1.31. The monoisotopic (exact) mass is 290 g/mol. The Morgan fingerprint density at radius 2 is 2.15 bits per heavy atom. The highest BCUT2D eigenvalue weighted by Crippen LogP contribution is 2.25. The first-order valence-corrected chi connectivity index (χ1v) is 5.58. The Bertz CT molecular complexity index is 283. The molecule has 0 N–H and O–H groups in total. The fraction of sp³-hybridized carbons (Fsp3) is 0.455. The van der Waals surface area contributed by atoms with Crippen molar-refractivity contribution < 1.29 is 4.74 Å². The van der Waals surface area contributed by atoms with Gasteiger partial charge in [-0.1, -0.05) is 25.1 Å². The highest BCUT2D eigenvalue weighted by Gasteiger charge is 2.09. The van der Waals surface area contributed by atoms with E-state index in [1.54, 1.807) is 7.11 Å². The molecular weight excluding hydrogens is 275 g/mol. The second kappa shape index (κ2) is 4.96. The van der Waals surface area contributed by atoms with E-state index in [2.05, 4.69) is 54.6 Å². The number of hydrogen-bond acceptors (Lipinski definition) is 1. The Kier molecular flexibility index (Phi) is 4.19. The van der Waals surface area contributed by atoms with Crippen LogP contribution in [0.4, 0.5) is 0 Å². The predicted octanol–water partition coefficient (Wildman–Crippen LogP) is 3.56. The molecule has 0 fully saturated rings. The molecule has 0 aliphatic carbocycles. The van der Waals surface area contributed by atoms with Crippen molar-refractivity contribution in [1.29, 1.82) is 0 Å².